The average Bonchev–Trinajstić information content (AvgIpc) is 2.27. The Bertz CT molecular complexity index is 379. The number of rotatable bonds is 5. The molecule has 17 heavy (non-hydrogen) atoms. The van der Waals surface area contributed by atoms with E-state index < -0.39 is 0 Å². The van der Waals surface area contributed by atoms with Crippen molar-refractivity contribution in [3.8, 4) is 0 Å². The standard InChI is InChI=1S/C12H20N4O/c1-4-16(9-12(17)15(2)3)8-11-7-10(13)5-6-14-11/h5-7H,4,8-9H2,1-3H3,(H2,13,14). The smallest absolute Gasteiger partial charge is 0.236 e. The molecular weight excluding hydrogens is 216 g/mol. The van der Waals surface area contributed by atoms with Crippen LogP contribution in [0.2, 0.25) is 0 Å². The van der Waals surface area contributed by atoms with Gasteiger partial charge in [0.1, 0.15) is 0 Å². The van der Waals surface area contributed by atoms with Crippen LogP contribution >= 0.6 is 0 Å². The molecule has 1 aromatic rings. The third-order valence-corrected chi connectivity index (χ3v) is 2.53. The zero-order valence-electron chi connectivity index (χ0n) is 10.7. The van der Waals surface area contributed by atoms with Crippen molar-refractivity contribution in [2.75, 3.05) is 32.9 Å². The molecule has 2 N–H and O–H groups in total. The Morgan fingerprint density at radius 3 is 2.71 bits per heavy atom. The maximum atomic E-state index is 11.6. The van der Waals surface area contributed by atoms with E-state index in [9.17, 15) is 4.79 Å². The number of pyridine rings is 1. The zero-order valence-corrected chi connectivity index (χ0v) is 10.7. The lowest BCUT2D eigenvalue weighted by molar-refractivity contribution is -0.130. The molecule has 0 atom stereocenters. The minimum absolute atomic E-state index is 0.0933. The highest BCUT2D eigenvalue weighted by atomic mass is 16.2. The van der Waals surface area contributed by atoms with Crippen molar-refractivity contribution >= 4 is 11.6 Å². The highest BCUT2D eigenvalue weighted by Gasteiger charge is 2.11. The molecule has 0 spiro atoms. The van der Waals surface area contributed by atoms with E-state index in [1.165, 1.54) is 0 Å². The first kappa shape index (κ1) is 13.4. The number of nitrogens with zero attached hydrogens (tertiary/aromatic N) is 3. The summed E-state index contributed by atoms with van der Waals surface area (Å²) < 4.78 is 0. The fourth-order valence-electron chi connectivity index (χ4n) is 1.42. The van der Waals surface area contributed by atoms with Gasteiger partial charge in [-0.25, -0.2) is 0 Å². The number of carbonyl (C=O) groups is 1. The molecule has 1 amide bonds. The predicted octanol–water partition coefficient (Wildman–Crippen LogP) is 0.574. The fraction of sp³-hybridized carbons (Fsp3) is 0.500. The van der Waals surface area contributed by atoms with Crippen LogP contribution in [0.25, 0.3) is 0 Å². The van der Waals surface area contributed by atoms with Crippen LogP contribution < -0.4 is 5.73 Å². The summed E-state index contributed by atoms with van der Waals surface area (Å²) in [4.78, 5) is 19.5. The molecule has 0 aliphatic heterocycles. The second kappa shape index (κ2) is 6.20. The van der Waals surface area contributed by atoms with Gasteiger partial charge in [0.05, 0.1) is 12.2 Å². The Morgan fingerprint density at radius 1 is 1.47 bits per heavy atom. The zero-order chi connectivity index (χ0) is 12.8. The number of carbonyl (C=O) groups excluding carboxylic acids is 1. The summed E-state index contributed by atoms with van der Waals surface area (Å²) in [5.41, 5.74) is 7.28. The van der Waals surface area contributed by atoms with Crippen molar-refractivity contribution in [1.29, 1.82) is 0 Å². The Balaban J connectivity index is 2.61. The van der Waals surface area contributed by atoms with Gasteiger partial charge in [-0.1, -0.05) is 6.92 Å². The maximum absolute atomic E-state index is 11.6. The fourth-order valence-corrected chi connectivity index (χ4v) is 1.42. The number of amides is 1. The van der Waals surface area contributed by atoms with Gasteiger partial charge in [0, 0.05) is 32.5 Å². The second-order valence-electron chi connectivity index (χ2n) is 4.17. The maximum Gasteiger partial charge on any atom is 0.236 e. The topological polar surface area (TPSA) is 62.5 Å². The lowest BCUT2D eigenvalue weighted by Crippen LogP contribution is -2.36. The van der Waals surface area contributed by atoms with Crippen molar-refractivity contribution in [3.05, 3.63) is 24.0 Å². The normalized spacial score (nSPS) is 10.6. The molecule has 94 valence electrons. The quantitative estimate of drug-likeness (QED) is 0.812. The molecule has 1 heterocycles. The summed E-state index contributed by atoms with van der Waals surface area (Å²) in [5, 5.41) is 0. The first-order valence-electron chi connectivity index (χ1n) is 5.65. The average molecular weight is 236 g/mol. The molecule has 0 aromatic carbocycles. The molecule has 0 unspecified atom stereocenters. The SMILES string of the molecule is CCN(CC(=O)N(C)C)Cc1cc(N)ccn1. The van der Waals surface area contributed by atoms with E-state index in [0.717, 1.165) is 12.2 Å². The molecular formula is C12H20N4O. The minimum Gasteiger partial charge on any atom is -0.399 e. The minimum atomic E-state index is 0.0933. The van der Waals surface area contributed by atoms with E-state index in [1.54, 1.807) is 31.3 Å². The van der Waals surface area contributed by atoms with E-state index in [-0.39, 0.29) is 5.91 Å². The molecule has 0 aliphatic carbocycles. The van der Waals surface area contributed by atoms with E-state index in [1.807, 2.05) is 17.9 Å². The molecule has 1 rings (SSSR count). The van der Waals surface area contributed by atoms with Crippen molar-refractivity contribution in [2.45, 2.75) is 13.5 Å². The number of anilines is 1. The van der Waals surface area contributed by atoms with Crippen LogP contribution in [0.3, 0.4) is 0 Å². The van der Waals surface area contributed by atoms with Crippen LogP contribution in [-0.2, 0) is 11.3 Å². The van der Waals surface area contributed by atoms with Crippen LogP contribution in [0.15, 0.2) is 18.3 Å². The number of hydrogen-bond acceptors (Lipinski definition) is 4. The molecule has 0 aliphatic rings. The Kier molecular flexibility index (Phi) is 4.90. The van der Waals surface area contributed by atoms with Crippen molar-refractivity contribution in [1.82, 2.24) is 14.8 Å². The van der Waals surface area contributed by atoms with Gasteiger partial charge in [0.2, 0.25) is 5.91 Å². The van der Waals surface area contributed by atoms with Gasteiger partial charge in [-0.15, -0.1) is 0 Å². The Hall–Kier alpha value is -1.62. The summed E-state index contributed by atoms with van der Waals surface area (Å²) >= 11 is 0. The van der Waals surface area contributed by atoms with Gasteiger partial charge in [-0.3, -0.25) is 14.7 Å². The van der Waals surface area contributed by atoms with Gasteiger partial charge < -0.3 is 10.6 Å². The van der Waals surface area contributed by atoms with Crippen LogP contribution in [0.5, 0.6) is 0 Å². The molecule has 1 aromatic heterocycles. The molecule has 5 heteroatoms. The summed E-state index contributed by atoms with van der Waals surface area (Å²) in [6, 6.07) is 3.59. The summed E-state index contributed by atoms with van der Waals surface area (Å²) in [6.45, 7) is 3.87. The molecule has 0 radical (unpaired) electrons. The van der Waals surface area contributed by atoms with Crippen LogP contribution in [0, 0.1) is 0 Å². The number of nitrogens with two attached hydrogens (primary N) is 1. The lowest BCUT2D eigenvalue weighted by atomic mass is 10.3. The van der Waals surface area contributed by atoms with Crippen molar-refractivity contribution in [3.63, 3.8) is 0 Å². The third kappa shape index (κ3) is 4.40. The molecule has 0 fully saturated rings. The van der Waals surface area contributed by atoms with Crippen LogP contribution in [0.1, 0.15) is 12.6 Å². The lowest BCUT2D eigenvalue weighted by Gasteiger charge is -2.21. The third-order valence-electron chi connectivity index (χ3n) is 2.53. The van der Waals surface area contributed by atoms with E-state index in [4.69, 9.17) is 5.73 Å². The van der Waals surface area contributed by atoms with Gasteiger partial charge in [-0.05, 0) is 18.7 Å². The van der Waals surface area contributed by atoms with E-state index >= 15 is 0 Å². The van der Waals surface area contributed by atoms with E-state index in [0.29, 0.717) is 18.8 Å². The van der Waals surface area contributed by atoms with Gasteiger partial charge in [-0.2, -0.15) is 0 Å². The number of nitrogen functional groups attached to an aromatic ring is 1. The Labute approximate surface area is 102 Å². The van der Waals surface area contributed by atoms with Crippen LogP contribution in [-0.4, -0.2) is 47.9 Å². The largest absolute Gasteiger partial charge is 0.399 e. The van der Waals surface area contributed by atoms with Crippen molar-refractivity contribution in [2.24, 2.45) is 0 Å². The Morgan fingerprint density at radius 2 is 2.18 bits per heavy atom. The van der Waals surface area contributed by atoms with Gasteiger partial charge >= 0.3 is 0 Å². The second-order valence-corrected chi connectivity index (χ2v) is 4.17. The molecule has 0 bridgehead atoms. The van der Waals surface area contributed by atoms with Gasteiger partial charge in [0.25, 0.3) is 0 Å². The molecule has 0 saturated heterocycles. The van der Waals surface area contributed by atoms with Gasteiger partial charge in [0.15, 0.2) is 0 Å². The first-order chi connectivity index (χ1) is 8.02. The van der Waals surface area contributed by atoms with Crippen LogP contribution in [0.4, 0.5) is 5.69 Å². The number of aromatic nitrogens is 1. The molecule has 0 saturated carbocycles. The first-order valence-corrected chi connectivity index (χ1v) is 5.65. The molecule has 5 nitrogen and oxygen atoms in total. The summed E-state index contributed by atoms with van der Waals surface area (Å²) in [7, 11) is 3.52. The number of likely N-dealkylation sites (N-methyl/N-ethyl adjacent to an activating group) is 2. The predicted molar refractivity (Wildman–Crippen MR) is 68.3 cm³/mol. The number of hydrogen-bond donors (Lipinski definition) is 1. The summed E-state index contributed by atoms with van der Waals surface area (Å²) in [5.74, 6) is 0.0933. The highest BCUT2D eigenvalue weighted by Crippen LogP contribution is 2.06. The van der Waals surface area contributed by atoms with Crippen molar-refractivity contribution < 1.29 is 4.79 Å². The van der Waals surface area contributed by atoms with E-state index in [2.05, 4.69) is 4.98 Å². The monoisotopic (exact) mass is 236 g/mol. The summed E-state index contributed by atoms with van der Waals surface area (Å²) in [6.07, 6.45) is 1.69. The highest BCUT2D eigenvalue weighted by molar-refractivity contribution is 5.77.